The number of anilines is 1. The Morgan fingerprint density at radius 1 is 1.00 bits per heavy atom. The number of esters is 1. The molecular weight excluding hydrogens is 689 g/mol. The van der Waals surface area contributed by atoms with Crippen molar-refractivity contribution in [2.45, 2.75) is 69.4 Å². The number of aliphatic carboxylic acids is 1. The third-order valence-corrected chi connectivity index (χ3v) is 11.3. The lowest BCUT2D eigenvalue weighted by Gasteiger charge is -2.36. The van der Waals surface area contributed by atoms with Crippen LogP contribution in [0.2, 0.25) is 0 Å². The number of methoxy groups -OCH3 is 1. The molecule has 0 bridgehead atoms. The van der Waals surface area contributed by atoms with Crippen molar-refractivity contribution in [2.75, 3.05) is 25.3 Å². The molecule has 2 heterocycles. The van der Waals surface area contributed by atoms with Gasteiger partial charge in [0.05, 0.1) is 53.2 Å². The molecule has 5 rings (SSSR count). The number of hydrogen-bond donors (Lipinski definition) is 2. The van der Waals surface area contributed by atoms with Crippen LogP contribution in [0.15, 0.2) is 78.0 Å². The van der Waals surface area contributed by atoms with E-state index < -0.39 is 50.9 Å². The van der Waals surface area contributed by atoms with Crippen molar-refractivity contribution in [3.8, 4) is 11.5 Å². The molecule has 0 aliphatic carbocycles. The Morgan fingerprint density at radius 3 is 2.40 bits per heavy atom. The number of ether oxygens (including phenoxy) is 3. The molecule has 13 nitrogen and oxygen atoms in total. The largest absolute Gasteiger partial charge is 0.490 e. The third kappa shape index (κ3) is 7.53. The number of aromatic nitrogens is 1. The van der Waals surface area contributed by atoms with Crippen LogP contribution in [-0.4, -0.2) is 72.9 Å². The van der Waals surface area contributed by atoms with Crippen LogP contribution in [0.5, 0.6) is 11.5 Å². The standard InChI is InChI=1S/C38H44N4O9S/c1-7-50-32-20-25(9-12-31(32)51-22(2)3)34(42(39)28-11-8-27-21-40-16-14-24(27)18-28)36(43)41-17-15-29(37(44)45)35(41)30-19-26(38(46)49-6)10-13-33(30)52(47,48)23(4)5/h8-14,16,18-23,29,34-35H,7,15,17,39H2,1-6H3,(H,44,45). The predicted molar refractivity (Wildman–Crippen MR) is 195 cm³/mol. The Morgan fingerprint density at radius 2 is 1.75 bits per heavy atom. The Bertz CT molecular complexity index is 2090. The van der Waals surface area contributed by atoms with Gasteiger partial charge in [-0.05, 0) is 106 Å². The number of rotatable bonds is 13. The van der Waals surface area contributed by atoms with Gasteiger partial charge in [0.2, 0.25) is 0 Å². The molecule has 14 heteroatoms. The number of nitrogens with two attached hydrogens (primary N) is 1. The van der Waals surface area contributed by atoms with Gasteiger partial charge in [-0.2, -0.15) is 0 Å². The van der Waals surface area contributed by atoms with Crippen LogP contribution in [0.1, 0.15) is 74.6 Å². The van der Waals surface area contributed by atoms with Crippen LogP contribution in [0.4, 0.5) is 5.69 Å². The Hall–Kier alpha value is -5.21. The molecule has 1 amide bonds. The molecular formula is C38H44N4O9S. The molecule has 3 N–H and O–H groups in total. The van der Waals surface area contributed by atoms with E-state index in [1.54, 1.807) is 36.7 Å². The number of pyridine rings is 1. The number of likely N-dealkylation sites (tertiary alicyclic amines) is 1. The van der Waals surface area contributed by atoms with E-state index >= 15 is 4.79 Å². The molecule has 0 spiro atoms. The molecule has 1 aromatic heterocycles. The van der Waals surface area contributed by atoms with E-state index in [9.17, 15) is 23.1 Å². The summed E-state index contributed by atoms with van der Waals surface area (Å²) in [5.74, 6) is 3.96. The first kappa shape index (κ1) is 38.0. The second-order valence-corrected chi connectivity index (χ2v) is 15.5. The molecule has 52 heavy (non-hydrogen) atoms. The number of carbonyl (C=O) groups is 3. The molecule has 1 aliphatic heterocycles. The Labute approximate surface area is 303 Å². The normalized spacial score (nSPS) is 16.6. The van der Waals surface area contributed by atoms with Crippen molar-refractivity contribution in [3.05, 3.63) is 89.7 Å². The number of carbonyl (C=O) groups excluding carboxylic acids is 2. The third-order valence-electron chi connectivity index (χ3n) is 9.06. The number of hydrogen-bond acceptors (Lipinski definition) is 11. The summed E-state index contributed by atoms with van der Waals surface area (Å²) in [7, 11) is -2.84. The average molecular weight is 733 g/mol. The van der Waals surface area contributed by atoms with Crippen molar-refractivity contribution >= 4 is 44.1 Å². The van der Waals surface area contributed by atoms with Crippen molar-refractivity contribution in [2.24, 2.45) is 11.8 Å². The first-order valence-electron chi connectivity index (χ1n) is 17.0. The molecule has 3 aromatic carbocycles. The maximum atomic E-state index is 15.2. The average Bonchev–Trinajstić information content (AvgIpc) is 3.57. The number of carboxylic acid groups (broad SMARTS) is 1. The fourth-order valence-electron chi connectivity index (χ4n) is 6.49. The van der Waals surface area contributed by atoms with Gasteiger partial charge in [0.15, 0.2) is 21.3 Å². The second-order valence-electron chi connectivity index (χ2n) is 13.1. The number of nitrogens with zero attached hydrogens (tertiary/aromatic N) is 3. The summed E-state index contributed by atoms with van der Waals surface area (Å²) in [6.45, 7) is 8.85. The van der Waals surface area contributed by atoms with Crippen molar-refractivity contribution in [1.29, 1.82) is 0 Å². The van der Waals surface area contributed by atoms with Crippen LogP contribution in [0.3, 0.4) is 0 Å². The van der Waals surface area contributed by atoms with Crippen LogP contribution in [0, 0.1) is 5.92 Å². The van der Waals surface area contributed by atoms with Gasteiger partial charge < -0.3 is 24.2 Å². The summed E-state index contributed by atoms with van der Waals surface area (Å²) in [5, 5.41) is 12.6. The van der Waals surface area contributed by atoms with E-state index in [0.717, 1.165) is 10.8 Å². The molecule has 0 radical (unpaired) electrons. The summed E-state index contributed by atoms with van der Waals surface area (Å²) in [5.41, 5.74) is 0.899. The number of sulfone groups is 1. The highest BCUT2D eigenvalue weighted by Gasteiger charge is 2.47. The van der Waals surface area contributed by atoms with Crippen molar-refractivity contribution < 1.29 is 42.1 Å². The highest BCUT2D eigenvalue weighted by molar-refractivity contribution is 7.92. The van der Waals surface area contributed by atoms with Gasteiger partial charge in [-0.3, -0.25) is 19.6 Å². The highest BCUT2D eigenvalue weighted by Crippen LogP contribution is 2.44. The SMILES string of the molecule is CCOc1cc(C(C(=O)N2CCC(C(=O)O)C2c2cc(C(=O)OC)ccc2S(=O)(=O)C(C)C)N(N)c2ccc3cnccc3c2)ccc1OC(C)C. The summed E-state index contributed by atoms with van der Waals surface area (Å²) in [6.07, 6.45) is 3.19. The molecule has 1 fully saturated rings. The van der Waals surface area contributed by atoms with E-state index in [0.29, 0.717) is 29.4 Å². The van der Waals surface area contributed by atoms with Gasteiger partial charge in [-0.1, -0.05) is 12.1 Å². The zero-order valence-electron chi connectivity index (χ0n) is 30.0. The lowest BCUT2D eigenvalue weighted by molar-refractivity contribution is -0.143. The van der Waals surface area contributed by atoms with Crippen molar-refractivity contribution in [3.63, 3.8) is 0 Å². The Balaban J connectivity index is 1.72. The number of hydrazine groups is 1. The molecule has 3 atom stereocenters. The molecule has 0 saturated carbocycles. The van der Waals surface area contributed by atoms with Gasteiger partial charge in [0.25, 0.3) is 5.91 Å². The van der Waals surface area contributed by atoms with Gasteiger partial charge in [0, 0.05) is 24.3 Å². The monoisotopic (exact) mass is 732 g/mol. The van der Waals surface area contributed by atoms with E-state index in [4.69, 9.17) is 20.1 Å². The first-order chi connectivity index (χ1) is 24.7. The number of benzene rings is 3. The minimum absolute atomic E-state index is 0.00561. The molecule has 3 unspecified atom stereocenters. The van der Waals surface area contributed by atoms with Gasteiger partial charge >= 0.3 is 11.9 Å². The molecule has 4 aromatic rings. The summed E-state index contributed by atoms with van der Waals surface area (Å²) in [4.78, 5) is 46.0. The summed E-state index contributed by atoms with van der Waals surface area (Å²) >= 11 is 0. The zero-order chi connectivity index (χ0) is 37.9. The van der Waals surface area contributed by atoms with Crippen molar-refractivity contribution in [1.82, 2.24) is 9.88 Å². The Kier molecular flexibility index (Phi) is 11.4. The van der Waals surface area contributed by atoms with Crippen LogP contribution < -0.4 is 20.3 Å². The lowest BCUT2D eigenvalue weighted by Crippen LogP contribution is -2.47. The fourth-order valence-corrected chi connectivity index (χ4v) is 7.77. The van der Waals surface area contributed by atoms with Crippen LogP contribution in [-0.2, 0) is 24.2 Å². The predicted octanol–water partition coefficient (Wildman–Crippen LogP) is 5.49. The summed E-state index contributed by atoms with van der Waals surface area (Å²) < 4.78 is 44.3. The van der Waals surface area contributed by atoms with Crippen LogP contribution >= 0.6 is 0 Å². The van der Waals surface area contributed by atoms with E-state index in [1.807, 2.05) is 39.0 Å². The molecule has 1 saturated heterocycles. The summed E-state index contributed by atoms with van der Waals surface area (Å²) in [6, 6.07) is 13.6. The minimum atomic E-state index is -4.03. The number of fused-ring (bicyclic) bond motifs is 1. The molecule has 1 aliphatic rings. The van der Waals surface area contributed by atoms with Crippen LogP contribution in [0.25, 0.3) is 10.8 Å². The van der Waals surface area contributed by atoms with Gasteiger partial charge in [0.1, 0.15) is 6.04 Å². The minimum Gasteiger partial charge on any atom is -0.490 e. The zero-order valence-corrected chi connectivity index (χ0v) is 30.8. The quantitative estimate of drug-likeness (QED) is 0.101. The van der Waals surface area contributed by atoms with E-state index in [1.165, 1.54) is 49.1 Å². The maximum Gasteiger partial charge on any atom is 0.337 e. The highest BCUT2D eigenvalue weighted by atomic mass is 32.2. The van der Waals surface area contributed by atoms with E-state index in [2.05, 4.69) is 4.98 Å². The molecule has 276 valence electrons. The van der Waals surface area contributed by atoms with Gasteiger partial charge in [-0.15, -0.1) is 0 Å². The smallest absolute Gasteiger partial charge is 0.337 e. The van der Waals surface area contributed by atoms with Gasteiger partial charge in [-0.25, -0.2) is 19.1 Å². The second kappa shape index (κ2) is 15.6. The number of carboxylic acids is 1. The topological polar surface area (TPSA) is 179 Å². The maximum absolute atomic E-state index is 15.2. The fraction of sp³-hybridized carbons (Fsp3) is 0.368. The first-order valence-corrected chi connectivity index (χ1v) is 18.5. The van der Waals surface area contributed by atoms with E-state index in [-0.39, 0.29) is 35.1 Å². The lowest BCUT2D eigenvalue weighted by atomic mass is 9.92. The number of amides is 1.